The van der Waals surface area contributed by atoms with Crippen molar-refractivity contribution >= 4 is 46.0 Å². The molecular weight excluding hydrogens is 329 g/mol. The van der Waals surface area contributed by atoms with Crippen LogP contribution in [0.25, 0.3) is 0 Å². The van der Waals surface area contributed by atoms with E-state index in [1.54, 1.807) is 11.8 Å². The van der Waals surface area contributed by atoms with Crippen LogP contribution in [0.4, 0.5) is 0 Å². The van der Waals surface area contributed by atoms with Gasteiger partial charge in [0.2, 0.25) is 0 Å². The number of hydrogen-bond acceptors (Lipinski definition) is 2. The van der Waals surface area contributed by atoms with Crippen LogP contribution in [0.3, 0.4) is 0 Å². The van der Waals surface area contributed by atoms with Crippen LogP contribution in [-0.4, -0.2) is 10.2 Å². The van der Waals surface area contributed by atoms with Crippen molar-refractivity contribution in [3.8, 4) is 0 Å². The molecule has 0 aliphatic carbocycles. The second-order valence-corrected chi connectivity index (χ2v) is 6.99. The Balaban J connectivity index is 2.65. The van der Waals surface area contributed by atoms with Gasteiger partial charge in [0.05, 0.1) is 10.2 Å². The molecule has 0 aliphatic rings. The van der Waals surface area contributed by atoms with Gasteiger partial charge in [-0.2, -0.15) is 0 Å². The molecule has 2 N–H and O–H groups in total. The van der Waals surface area contributed by atoms with E-state index in [9.17, 15) is 0 Å². The molecule has 0 aromatic heterocycles. The van der Waals surface area contributed by atoms with Crippen LogP contribution >= 0.6 is 46.0 Å². The fourth-order valence-corrected chi connectivity index (χ4v) is 2.16. The first kappa shape index (κ1) is 12.6. The van der Waals surface area contributed by atoms with E-state index in [1.807, 2.05) is 13.8 Å². The zero-order chi connectivity index (χ0) is 10.8. The number of halogens is 2. The maximum absolute atomic E-state index is 6.12. The number of alkyl halides is 1. The molecule has 4 heteroatoms. The highest BCUT2D eigenvalue weighted by Gasteiger charge is 2.23. The van der Waals surface area contributed by atoms with Gasteiger partial charge in [-0.3, -0.25) is 0 Å². The Labute approximate surface area is 108 Å². The van der Waals surface area contributed by atoms with Crippen LogP contribution in [-0.2, 0) is 0 Å². The van der Waals surface area contributed by atoms with E-state index in [-0.39, 0.29) is 10.2 Å². The zero-order valence-electron chi connectivity index (χ0n) is 8.13. The van der Waals surface area contributed by atoms with E-state index < -0.39 is 0 Å². The minimum absolute atomic E-state index is 0.0933. The van der Waals surface area contributed by atoms with Crippen LogP contribution in [0, 0.1) is 3.57 Å². The third kappa shape index (κ3) is 3.96. The normalized spacial score (nSPS) is 14.1. The summed E-state index contributed by atoms with van der Waals surface area (Å²) in [5.41, 5.74) is 5.95. The van der Waals surface area contributed by atoms with Crippen molar-refractivity contribution in [3.63, 3.8) is 0 Å². The third-order valence-electron chi connectivity index (χ3n) is 1.75. The maximum atomic E-state index is 6.12. The molecule has 1 unspecified atom stereocenters. The largest absolute Gasteiger partial charge is 0.318 e. The van der Waals surface area contributed by atoms with E-state index in [2.05, 4.69) is 46.9 Å². The first-order valence-corrected chi connectivity index (χ1v) is 6.60. The highest BCUT2D eigenvalue weighted by molar-refractivity contribution is 14.1. The summed E-state index contributed by atoms with van der Waals surface area (Å²) < 4.78 is 1.23. The second-order valence-electron chi connectivity index (χ2n) is 3.56. The van der Waals surface area contributed by atoms with Gasteiger partial charge in [0.15, 0.2) is 0 Å². The Hall–Kier alpha value is 0.550. The van der Waals surface area contributed by atoms with Crippen LogP contribution in [0.15, 0.2) is 29.2 Å². The van der Waals surface area contributed by atoms with Crippen molar-refractivity contribution in [2.75, 3.05) is 0 Å². The molecule has 1 aromatic carbocycles. The number of nitrogens with two attached hydrogens (primary N) is 1. The number of hydrogen-bond donors (Lipinski definition) is 1. The minimum Gasteiger partial charge on any atom is -0.318 e. The Bertz CT molecular complexity index is 294. The van der Waals surface area contributed by atoms with E-state index >= 15 is 0 Å². The van der Waals surface area contributed by atoms with Gasteiger partial charge in [0, 0.05) is 8.47 Å². The predicted octanol–water partition coefficient (Wildman–Crippen LogP) is 3.69. The molecule has 0 heterocycles. The Morgan fingerprint density at radius 3 is 2.29 bits per heavy atom. The fourth-order valence-electron chi connectivity index (χ4n) is 0.800. The van der Waals surface area contributed by atoms with Crippen LogP contribution < -0.4 is 5.73 Å². The highest BCUT2D eigenvalue weighted by Crippen LogP contribution is 2.30. The van der Waals surface area contributed by atoms with Gasteiger partial charge >= 0.3 is 0 Å². The van der Waals surface area contributed by atoms with Gasteiger partial charge in [0.25, 0.3) is 0 Å². The monoisotopic (exact) mass is 341 g/mol. The third-order valence-corrected chi connectivity index (χ3v) is 4.22. The maximum Gasteiger partial charge on any atom is 0.0743 e. The molecule has 0 saturated heterocycles. The molecule has 0 saturated carbocycles. The molecule has 0 bridgehead atoms. The average Bonchev–Trinajstić information content (AvgIpc) is 2.07. The van der Waals surface area contributed by atoms with E-state index in [4.69, 9.17) is 17.3 Å². The van der Waals surface area contributed by atoms with Crippen molar-refractivity contribution in [2.24, 2.45) is 5.73 Å². The van der Waals surface area contributed by atoms with Gasteiger partial charge in [0.1, 0.15) is 0 Å². The van der Waals surface area contributed by atoms with Crippen LogP contribution in [0.5, 0.6) is 0 Å². The van der Waals surface area contributed by atoms with Gasteiger partial charge in [-0.1, -0.05) is 0 Å². The fraction of sp³-hybridized carbons (Fsp3) is 0.400. The van der Waals surface area contributed by atoms with Crippen molar-refractivity contribution in [2.45, 2.75) is 29.0 Å². The minimum atomic E-state index is -0.381. The van der Waals surface area contributed by atoms with Crippen molar-refractivity contribution in [1.82, 2.24) is 0 Å². The molecular formula is C10H13ClINS. The molecule has 1 aromatic rings. The predicted molar refractivity (Wildman–Crippen MR) is 72.9 cm³/mol. The van der Waals surface area contributed by atoms with E-state index in [0.717, 1.165) is 4.90 Å². The molecule has 1 rings (SSSR count). The number of rotatable bonds is 3. The Morgan fingerprint density at radius 2 is 1.86 bits per heavy atom. The topological polar surface area (TPSA) is 26.0 Å². The van der Waals surface area contributed by atoms with E-state index in [0.29, 0.717) is 0 Å². The first-order valence-electron chi connectivity index (χ1n) is 4.26. The average molecular weight is 342 g/mol. The lowest BCUT2D eigenvalue weighted by molar-refractivity contribution is 0.668. The lowest BCUT2D eigenvalue weighted by Crippen LogP contribution is -2.35. The summed E-state index contributed by atoms with van der Waals surface area (Å²) in [5.74, 6) is 0. The molecule has 14 heavy (non-hydrogen) atoms. The van der Waals surface area contributed by atoms with Crippen molar-refractivity contribution < 1.29 is 0 Å². The molecule has 0 amide bonds. The SMILES string of the molecule is CC(C)(Cl)C(N)Sc1ccc(I)cc1. The van der Waals surface area contributed by atoms with Crippen LogP contribution in [0.2, 0.25) is 0 Å². The number of thioether (sulfide) groups is 1. The summed E-state index contributed by atoms with van der Waals surface area (Å²) in [6, 6.07) is 8.26. The molecule has 0 fully saturated rings. The van der Waals surface area contributed by atoms with Gasteiger partial charge in [-0.15, -0.1) is 23.4 Å². The summed E-state index contributed by atoms with van der Waals surface area (Å²) in [5, 5.41) is -0.0933. The summed E-state index contributed by atoms with van der Waals surface area (Å²) >= 11 is 10.00. The van der Waals surface area contributed by atoms with E-state index in [1.165, 1.54) is 3.57 Å². The molecule has 78 valence electrons. The van der Waals surface area contributed by atoms with Gasteiger partial charge in [-0.25, -0.2) is 0 Å². The number of benzene rings is 1. The van der Waals surface area contributed by atoms with Crippen molar-refractivity contribution in [3.05, 3.63) is 27.8 Å². The summed E-state index contributed by atoms with van der Waals surface area (Å²) in [4.78, 5) is 0.778. The Morgan fingerprint density at radius 1 is 1.36 bits per heavy atom. The quantitative estimate of drug-likeness (QED) is 0.393. The molecule has 1 nitrogen and oxygen atoms in total. The highest BCUT2D eigenvalue weighted by atomic mass is 127. The second kappa shape index (κ2) is 5.05. The van der Waals surface area contributed by atoms with Gasteiger partial charge in [-0.05, 0) is 60.7 Å². The first-order chi connectivity index (χ1) is 6.39. The zero-order valence-corrected chi connectivity index (χ0v) is 11.9. The standard InChI is InChI=1S/C10H13ClINS/c1-10(2,11)9(13)14-8-5-3-7(12)4-6-8/h3-6,9H,13H2,1-2H3. The molecule has 0 spiro atoms. The molecule has 0 radical (unpaired) electrons. The lowest BCUT2D eigenvalue weighted by atomic mass is 10.2. The summed E-state index contributed by atoms with van der Waals surface area (Å²) in [6.45, 7) is 3.86. The molecule has 0 aliphatic heterocycles. The smallest absolute Gasteiger partial charge is 0.0743 e. The van der Waals surface area contributed by atoms with Crippen LogP contribution in [0.1, 0.15) is 13.8 Å². The van der Waals surface area contributed by atoms with Gasteiger partial charge < -0.3 is 5.73 Å². The molecule has 1 atom stereocenters. The van der Waals surface area contributed by atoms with Crippen molar-refractivity contribution in [1.29, 1.82) is 0 Å². The Kier molecular flexibility index (Phi) is 4.56. The lowest BCUT2D eigenvalue weighted by Gasteiger charge is -2.23. The summed E-state index contributed by atoms with van der Waals surface area (Å²) in [7, 11) is 0. The summed E-state index contributed by atoms with van der Waals surface area (Å²) in [6.07, 6.45) is 0.